The Balaban J connectivity index is 1.16. The maximum absolute atomic E-state index is 14.8. The van der Waals surface area contributed by atoms with Crippen molar-refractivity contribution in [2.75, 3.05) is 13.2 Å². The van der Waals surface area contributed by atoms with E-state index in [2.05, 4.69) is 84.1 Å². The number of nitrogens with two attached hydrogens (primary N) is 1. The molecule has 5 aromatic rings. The van der Waals surface area contributed by atoms with Gasteiger partial charge in [0.1, 0.15) is 90.3 Å². The summed E-state index contributed by atoms with van der Waals surface area (Å²) in [5.41, 5.74) is 8.56. The first-order valence-electron chi connectivity index (χ1n) is 42.8. The molecule has 1 fully saturated rings. The molecule has 710 valence electrons. The van der Waals surface area contributed by atoms with Gasteiger partial charge in [0.15, 0.2) is 0 Å². The summed E-state index contributed by atoms with van der Waals surface area (Å²) >= 11 is 0. The monoisotopic (exact) mass is 1820 g/mol. The van der Waals surface area contributed by atoms with E-state index in [4.69, 9.17) is 5.73 Å². The van der Waals surface area contributed by atoms with Crippen LogP contribution in [-0.4, -0.2) is 272 Å². The average Bonchev–Trinajstić information content (AvgIpc) is 1.63. The molecule has 130 heavy (non-hydrogen) atoms. The van der Waals surface area contributed by atoms with Crippen LogP contribution in [0.1, 0.15) is 156 Å². The molecule has 2 aromatic heterocycles. The maximum atomic E-state index is 14.8. The molecule has 3 aromatic carbocycles. The first kappa shape index (κ1) is 105. The molecule has 6 rings (SSSR count). The lowest BCUT2D eigenvalue weighted by atomic mass is 9.99. The number of H-pyrrole nitrogens is 2. The van der Waals surface area contributed by atoms with Gasteiger partial charge in [-0.1, -0.05) is 116 Å². The van der Waals surface area contributed by atoms with Crippen LogP contribution >= 0.6 is 0 Å². The highest BCUT2D eigenvalue weighted by Crippen LogP contribution is 2.24. The second kappa shape index (κ2) is 50.9. The van der Waals surface area contributed by atoms with Crippen molar-refractivity contribution in [1.29, 1.82) is 0 Å². The minimum absolute atomic E-state index is 0.0137. The highest BCUT2D eigenvalue weighted by atomic mass is 16.4. The highest BCUT2D eigenvalue weighted by Gasteiger charge is 2.44. The van der Waals surface area contributed by atoms with E-state index in [-0.39, 0.29) is 87.8 Å². The number of carboxylic acid groups (broad SMARTS) is 4. The van der Waals surface area contributed by atoms with Crippen molar-refractivity contribution in [2.24, 2.45) is 29.4 Å². The smallest absolute Gasteiger partial charge is 0.326 e. The van der Waals surface area contributed by atoms with Crippen molar-refractivity contribution >= 4 is 117 Å². The van der Waals surface area contributed by atoms with Crippen LogP contribution in [0.2, 0.25) is 0 Å². The van der Waals surface area contributed by atoms with Gasteiger partial charge in [-0.25, -0.2) is 9.78 Å². The fourth-order valence-electron chi connectivity index (χ4n) is 14.4. The molecule has 24 N–H and O–H groups in total. The molecule has 43 nitrogen and oxygen atoms in total. The summed E-state index contributed by atoms with van der Waals surface area (Å²) in [5.74, 6) is -22.4. The SMILES string of the molecule is CC(C)C[C@H](NC(=O)[C@H](Cc1cnc[nH]1)NC(=O)[C@@H]1CCCN1C(=O)[C@@H](NC(=O)[C@H](CC(=O)O)NC(=O)[C@H](CO)NC(=O)[C@H](CC(C)C)NC(=O)[C@H](CC(=O)O)NC(=O)[C@H](Cc1c[nH]c2ccccc12)NC(=O)[C@H](C)NC(=O)[C@H](CCC(=O)O)NC(=O)[C@H](CC(C)C)NC(=O)[C@H](Cc1ccccc1)NC(=O)[C@@H](N)CC(C)C)[C@@H](C)O)C(=O)N[C@@H](Cc1ccc(O)cc1)C(=O)O. The number of rotatable bonds is 53. The van der Waals surface area contributed by atoms with Crippen LogP contribution < -0.4 is 74.9 Å². The van der Waals surface area contributed by atoms with E-state index in [9.17, 15) is 122 Å². The van der Waals surface area contributed by atoms with E-state index in [0.29, 0.717) is 33.3 Å². The Morgan fingerprint density at radius 2 is 0.877 bits per heavy atom. The molecule has 43 heteroatoms. The molecule has 0 bridgehead atoms. The molecular weight excluding hydrogens is 1700 g/mol. The number of aliphatic carboxylic acids is 4. The molecule has 0 aliphatic carbocycles. The number of hydrogen-bond donors (Lipinski definition) is 23. The van der Waals surface area contributed by atoms with Crippen molar-refractivity contribution in [3.8, 4) is 5.75 Å². The zero-order chi connectivity index (χ0) is 96.5. The van der Waals surface area contributed by atoms with Crippen LogP contribution in [0.25, 0.3) is 10.9 Å². The summed E-state index contributed by atoms with van der Waals surface area (Å²) < 4.78 is 0. The normalized spacial score (nSPS) is 16.0. The minimum Gasteiger partial charge on any atom is -0.508 e. The molecule has 0 saturated carbocycles. The van der Waals surface area contributed by atoms with Crippen LogP contribution in [0.5, 0.6) is 5.75 Å². The predicted molar refractivity (Wildman–Crippen MR) is 465 cm³/mol. The number of amides is 14. The predicted octanol–water partition coefficient (Wildman–Crippen LogP) is -2.04. The molecular formula is C87H122N18O25. The van der Waals surface area contributed by atoms with E-state index in [1.54, 1.807) is 96.1 Å². The van der Waals surface area contributed by atoms with Gasteiger partial charge in [-0.05, 0) is 117 Å². The second-order valence-corrected chi connectivity index (χ2v) is 34.0. The van der Waals surface area contributed by atoms with Crippen molar-refractivity contribution in [3.63, 3.8) is 0 Å². The summed E-state index contributed by atoms with van der Waals surface area (Å²) in [5, 5.41) is 104. The number of benzene rings is 3. The fraction of sp³-hybridized carbons (Fsp3) is 0.529. The summed E-state index contributed by atoms with van der Waals surface area (Å²) in [6.07, 6.45) is -2.26. The third-order valence-electron chi connectivity index (χ3n) is 21.1. The number of hydrogen-bond acceptors (Lipinski definition) is 23. The number of aliphatic hydroxyl groups excluding tert-OH is 2. The summed E-state index contributed by atoms with van der Waals surface area (Å²) in [4.78, 5) is 260. The van der Waals surface area contributed by atoms with E-state index in [1.807, 2.05) is 13.8 Å². The van der Waals surface area contributed by atoms with E-state index in [0.717, 1.165) is 11.8 Å². The maximum Gasteiger partial charge on any atom is 0.326 e. The number of carboxylic acids is 4. The van der Waals surface area contributed by atoms with E-state index < -0.39 is 248 Å². The van der Waals surface area contributed by atoms with Crippen LogP contribution in [-0.2, 0) is 112 Å². The zero-order valence-corrected chi connectivity index (χ0v) is 74.0. The number of phenols is 1. The topological polar surface area (TPSA) is 679 Å². The molecule has 1 aliphatic heterocycles. The van der Waals surface area contributed by atoms with Crippen molar-refractivity contribution in [1.82, 2.24) is 89.0 Å². The Hall–Kier alpha value is -13.5. The first-order chi connectivity index (χ1) is 61.3. The van der Waals surface area contributed by atoms with Crippen molar-refractivity contribution < 1.29 is 122 Å². The highest BCUT2D eigenvalue weighted by molar-refractivity contribution is 6.02. The van der Waals surface area contributed by atoms with E-state index in [1.165, 1.54) is 49.9 Å². The number of likely N-dealkylation sites (tertiary alicyclic amines) is 1. The average molecular weight is 1820 g/mol. The quantitative estimate of drug-likeness (QED) is 0.0199. The number of aromatic amines is 2. The number of phenolic OH excluding ortho intramolecular Hbond substituents is 1. The van der Waals surface area contributed by atoms with Crippen LogP contribution in [0.4, 0.5) is 0 Å². The number of nitrogens with one attached hydrogen (secondary N) is 15. The standard InChI is InChI=1S/C87H122N18O25/c1-43(2)29-55(88)74(116)95-61(33-49-17-12-11-13-18-49)79(121)96-58(30-44(3)4)76(118)93-57(26-27-69(109)110)75(117)92-47(9)73(115)94-62(35-51-39-90-56-20-15-14-19-54(51)56)80(122)99-64(37-70(111)112)82(124)98-60(32-46(7)8)78(120)103-67(41-106)84(126)100-65(38-71(113)114)83(125)104-72(48(10)107)86(128)105-28-16-21-68(105)85(127)101-63(36-52-40-89-42-91-52)81(123)97-59(31-45(5)6)77(119)102-66(87(129)130)34-50-22-24-53(108)25-23-50/h11-15,17-20,22-25,39-40,42-48,55,57-68,72,90,106-108H,16,21,26-38,41,88H2,1-10H3,(H,89,91)(H,92,117)(H,93,118)(H,94,115)(H,95,116)(H,96,121)(H,97,123)(H,98,124)(H,99,122)(H,100,126)(H,101,127)(H,102,119)(H,103,120)(H,104,125)(H,109,110)(H,111,112)(H,113,114)(H,129,130)/t47-,48+,55-,57-,58-,59-,60-,61-,62-,63-,64-,65-,66-,67-,68-,72-/m0/s1. The minimum atomic E-state index is -2.17. The number of para-hydroxylation sites is 1. The molecule has 1 saturated heterocycles. The van der Waals surface area contributed by atoms with Gasteiger partial charge in [0.05, 0.1) is 37.9 Å². The number of aromatic hydroxyl groups is 1. The number of aromatic nitrogens is 3. The van der Waals surface area contributed by atoms with Gasteiger partial charge in [0.25, 0.3) is 0 Å². The second-order valence-electron chi connectivity index (χ2n) is 34.0. The number of nitrogens with zero attached hydrogens (tertiary/aromatic N) is 2. The zero-order valence-electron chi connectivity index (χ0n) is 74.0. The molecule has 0 spiro atoms. The lowest BCUT2D eigenvalue weighted by Gasteiger charge is -2.32. The Bertz CT molecular complexity index is 4760. The largest absolute Gasteiger partial charge is 0.508 e. The first-order valence-corrected chi connectivity index (χ1v) is 42.8. The van der Waals surface area contributed by atoms with E-state index >= 15 is 0 Å². The third-order valence-corrected chi connectivity index (χ3v) is 21.1. The van der Waals surface area contributed by atoms with Crippen molar-refractivity contribution in [3.05, 3.63) is 120 Å². The van der Waals surface area contributed by atoms with Crippen LogP contribution in [0.15, 0.2) is 97.6 Å². The molecule has 16 atom stereocenters. The van der Waals surface area contributed by atoms with Gasteiger partial charge < -0.3 is 125 Å². The van der Waals surface area contributed by atoms with Crippen LogP contribution in [0, 0.1) is 23.7 Å². The van der Waals surface area contributed by atoms with Crippen LogP contribution in [0.3, 0.4) is 0 Å². The Morgan fingerprint density at radius 1 is 0.446 bits per heavy atom. The Morgan fingerprint density at radius 3 is 1.38 bits per heavy atom. The number of imidazole rings is 1. The van der Waals surface area contributed by atoms with Crippen molar-refractivity contribution in [2.45, 2.75) is 256 Å². The fourth-order valence-corrected chi connectivity index (χ4v) is 14.4. The van der Waals surface area contributed by atoms with Gasteiger partial charge in [-0.15, -0.1) is 0 Å². The molecule has 14 amide bonds. The summed E-state index contributed by atoms with van der Waals surface area (Å²) in [6, 6.07) is -3.64. The van der Waals surface area contributed by atoms with Gasteiger partial charge in [-0.3, -0.25) is 81.5 Å². The number of aliphatic hydroxyl groups is 2. The summed E-state index contributed by atoms with van der Waals surface area (Å²) in [7, 11) is 0. The lowest BCUT2D eigenvalue weighted by Crippen LogP contribution is -2.62. The Kier molecular flexibility index (Phi) is 41.3. The lowest BCUT2D eigenvalue weighted by molar-refractivity contribution is -0.145. The number of carbonyl (C=O) groups excluding carboxylic acids is 14. The summed E-state index contributed by atoms with van der Waals surface area (Å²) in [6.45, 7) is 14.6. The molecule has 3 heterocycles. The molecule has 0 unspecified atom stereocenters. The number of carbonyl (C=O) groups is 18. The van der Waals surface area contributed by atoms with Gasteiger partial charge >= 0.3 is 23.9 Å². The Labute approximate surface area is 749 Å². The van der Waals surface area contributed by atoms with Gasteiger partial charge in [0, 0.05) is 67.6 Å². The van der Waals surface area contributed by atoms with Gasteiger partial charge in [-0.2, -0.15) is 0 Å². The third kappa shape index (κ3) is 34.0. The van der Waals surface area contributed by atoms with Gasteiger partial charge in [0.2, 0.25) is 82.7 Å². The molecule has 1 aliphatic rings. The molecule has 0 radical (unpaired) electrons. The number of fused-ring (bicyclic) bond motifs is 1.